The highest BCUT2D eigenvalue weighted by Gasteiger charge is 2.14. The van der Waals surface area contributed by atoms with Gasteiger partial charge in [0.05, 0.1) is 32.1 Å². The molecule has 0 atom stereocenters. The fourth-order valence-electron chi connectivity index (χ4n) is 4.09. The fourth-order valence-corrected chi connectivity index (χ4v) is 4.09. The van der Waals surface area contributed by atoms with Gasteiger partial charge in [0, 0.05) is 28.1 Å². The third-order valence-electron chi connectivity index (χ3n) is 5.92. The molecule has 0 unspecified atom stereocenters. The van der Waals surface area contributed by atoms with Crippen molar-refractivity contribution in [2.24, 2.45) is 0 Å². The molecule has 4 aromatic carbocycles. The normalized spacial score (nSPS) is 10.8. The zero-order valence-electron chi connectivity index (χ0n) is 20.3. The predicted octanol–water partition coefficient (Wildman–Crippen LogP) is 5.91. The van der Waals surface area contributed by atoms with E-state index < -0.39 is 0 Å². The van der Waals surface area contributed by atoms with Crippen molar-refractivity contribution in [2.45, 2.75) is 0 Å². The Morgan fingerprint density at radius 1 is 0.730 bits per heavy atom. The van der Waals surface area contributed by atoms with Crippen LogP contribution in [0.25, 0.3) is 21.9 Å². The van der Waals surface area contributed by atoms with E-state index in [1.54, 1.807) is 50.6 Å². The van der Waals surface area contributed by atoms with E-state index in [-0.39, 0.29) is 18.4 Å². The summed E-state index contributed by atoms with van der Waals surface area (Å²) < 4.78 is 16.7. The van der Waals surface area contributed by atoms with Crippen molar-refractivity contribution in [3.63, 3.8) is 0 Å². The van der Waals surface area contributed by atoms with Crippen LogP contribution < -0.4 is 25.4 Å². The van der Waals surface area contributed by atoms with E-state index in [1.165, 1.54) is 0 Å². The Balaban J connectivity index is 1.22. The van der Waals surface area contributed by atoms with Crippen molar-refractivity contribution in [3.8, 4) is 11.5 Å². The number of benzene rings is 4. The summed E-state index contributed by atoms with van der Waals surface area (Å²) in [6.07, 6.45) is 0. The standard InChI is InChI=1S/C29H25N3O5/c1-35-25-10-6-4-8-22(25)32-29(34)18-11-13-19(14-12-18)31-28(33)17-30-23-16-26-21(15-27(23)36-2)20-7-3-5-9-24(20)37-26/h3-16,30H,17H2,1-2H3,(H,31,33)(H,32,34). The predicted molar refractivity (Wildman–Crippen MR) is 145 cm³/mol. The van der Waals surface area contributed by atoms with Gasteiger partial charge in [-0.15, -0.1) is 0 Å². The van der Waals surface area contributed by atoms with Crippen molar-refractivity contribution < 1.29 is 23.5 Å². The molecular weight excluding hydrogens is 470 g/mol. The smallest absolute Gasteiger partial charge is 0.255 e. The second-order valence-corrected chi connectivity index (χ2v) is 8.28. The van der Waals surface area contributed by atoms with Gasteiger partial charge in [-0.1, -0.05) is 30.3 Å². The second kappa shape index (κ2) is 10.3. The molecule has 0 radical (unpaired) electrons. The Hall–Kier alpha value is -4.98. The van der Waals surface area contributed by atoms with Crippen LogP contribution in [0.4, 0.5) is 17.1 Å². The van der Waals surface area contributed by atoms with Gasteiger partial charge in [-0.25, -0.2) is 0 Å². The Morgan fingerprint density at radius 3 is 2.24 bits per heavy atom. The molecule has 0 spiro atoms. The van der Waals surface area contributed by atoms with E-state index in [0.29, 0.717) is 39.7 Å². The summed E-state index contributed by atoms with van der Waals surface area (Å²) in [6.45, 7) is 0.0120. The molecule has 0 aliphatic heterocycles. The Morgan fingerprint density at radius 2 is 1.46 bits per heavy atom. The molecule has 186 valence electrons. The van der Waals surface area contributed by atoms with E-state index in [2.05, 4.69) is 16.0 Å². The summed E-state index contributed by atoms with van der Waals surface area (Å²) in [5.74, 6) is 0.649. The number of rotatable bonds is 8. The quantitative estimate of drug-likeness (QED) is 0.248. The van der Waals surface area contributed by atoms with Crippen LogP contribution in [-0.4, -0.2) is 32.6 Å². The number of furan rings is 1. The molecule has 8 nitrogen and oxygen atoms in total. The molecule has 3 N–H and O–H groups in total. The highest BCUT2D eigenvalue weighted by molar-refractivity contribution is 6.07. The van der Waals surface area contributed by atoms with Crippen LogP contribution in [0.2, 0.25) is 0 Å². The van der Waals surface area contributed by atoms with Crippen LogP contribution >= 0.6 is 0 Å². The minimum absolute atomic E-state index is 0.0120. The molecular formula is C29H25N3O5. The number of carbonyl (C=O) groups excluding carboxylic acids is 2. The molecule has 0 aliphatic rings. The third-order valence-corrected chi connectivity index (χ3v) is 5.92. The van der Waals surface area contributed by atoms with Gasteiger partial charge in [-0.2, -0.15) is 0 Å². The van der Waals surface area contributed by atoms with Crippen LogP contribution in [0.1, 0.15) is 10.4 Å². The number of methoxy groups -OCH3 is 2. The molecule has 8 heteroatoms. The second-order valence-electron chi connectivity index (χ2n) is 8.28. The Bertz CT molecular complexity index is 1590. The summed E-state index contributed by atoms with van der Waals surface area (Å²) in [5, 5.41) is 10.7. The largest absolute Gasteiger partial charge is 0.495 e. The maximum Gasteiger partial charge on any atom is 0.255 e. The number of carbonyl (C=O) groups is 2. The number of hydrogen-bond donors (Lipinski definition) is 3. The zero-order valence-corrected chi connectivity index (χ0v) is 20.3. The van der Waals surface area contributed by atoms with Gasteiger partial charge >= 0.3 is 0 Å². The number of para-hydroxylation sites is 3. The highest BCUT2D eigenvalue weighted by Crippen LogP contribution is 2.36. The molecule has 1 aromatic heterocycles. The van der Waals surface area contributed by atoms with Gasteiger partial charge in [0.2, 0.25) is 5.91 Å². The monoisotopic (exact) mass is 495 g/mol. The van der Waals surface area contributed by atoms with Crippen molar-refractivity contribution in [3.05, 3.63) is 90.5 Å². The molecule has 5 rings (SSSR count). The maximum absolute atomic E-state index is 12.6. The molecule has 1 heterocycles. The van der Waals surface area contributed by atoms with Gasteiger partial charge in [0.1, 0.15) is 22.7 Å². The van der Waals surface area contributed by atoms with Gasteiger partial charge in [-0.3, -0.25) is 9.59 Å². The van der Waals surface area contributed by atoms with E-state index in [9.17, 15) is 9.59 Å². The highest BCUT2D eigenvalue weighted by atomic mass is 16.5. The zero-order chi connectivity index (χ0) is 25.8. The average molecular weight is 496 g/mol. The van der Waals surface area contributed by atoms with E-state index >= 15 is 0 Å². The summed E-state index contributed by atoms with van der Waals surface area (Å²) in [7, 11) is 3.13. The van der Waals surface area contributed by atoms with Gasteiger partial charge in [0.15, 0.2) is 0 Å². The van der Waals surface area contributed by atoms with Crippen LogP contribution in [-0.2, 0) is 4.79 Å². The summed E-state index contributed by atoms with van der Waals surface area (Å²) >= 11 is 0. The van der Waals surface area contributed by atoms with E-state index in [0.717, 1.165) is 16.4 Å². The number of fused-ring (bicyclic) bond motifs is 3. The fraction of sp³-hybridized carbons (Fsp3) is 0.103. The SMILES string of the molecule is COc1cc2c(cc1NCC(=O)Nc1ccc(C(=O)Nc3ccccc3OC)cc1)oc1ccccc12. The van der Waals surface area contributed by atoms with E-state index in [4.69, 9.17) is 13.9 Å². The van der Waals surface area contributed by atoms with Gasteiger partial charge in [-0.05, 0) is 48.5 Å². The van der Waals surface area contributed by atoms with Crippen LogP contribution in [0, 0.1) is 0 Å². The molecule has 0 fully saturated rings. The number of hydrogen-bond acceptors (Lipinski definition) is 6. The van der Waals surface area contributed by atoms with Gasteiger partial charge < -0.3 is 29.8 Å². The Kier molecular flexibility index (Phi) is 6.63. The third kappa shape index (κ3) is 5.04. The van der Waals surface area contributed by atoms with Crippen molar-refractivity contribution in [1.82, 2.24) is 0 Å². The van der Waals surface area contributed by atoms with Crippen molar-refractivity contribution in [2.75, 3.05) is 36.7 Å². The first-order valence-electron chi connectivity index (χ1n) is 11.6. The lowest BCUT2D eigenvalue weighted by atomic mass is 10.1. The molecule has 0 saturated heterocycles. The first-order valence-corrected chi connectivity index (χ1v) is 11.6. The lowest BCUT2D eigenvalue weighted by Gasteiger charge is -2.12. The summed E-state index contributed by atoms with van der Waals surface area (Å²) in [6, 6.07) is 25.3. The Labute approximate surface area is 213 Å². The molecule has 2 amide bonds. The van der Waals surface area contributed by atoms with E-state index in [1.807, 2.05) is 48.5 Å². The molecule has 0 aliphatic carbocycles. The van der Waals surface area contributed by atoms with Crippen LogP contribution in [0.5, 0.6) is 11.5 Å². The van der Waals surface area contributed by atoms with Gasteiger partial charge in [0.25, 0.3) is 5.91 Å². The summed E-state index contributed by atoms with van der Waals surface area (Å²) in [4.78, 5) is 25.2. The van der Waals surface area contributed by atoms with Crippen molar-refractivity contribution in [1.29, 1.82) is 0 Å². The molecule has 37 heavy (non-hydrogen) atoms. The number of anilines is 3. The lowest BCUT2D eigenvalue weighted by Crippen LogP contribution is -2.22. The number of nitrogens with one attached hydrogen (secondary N) is 3. The molecule has 0 bridgehead atoms. The molecule has 5 aromatic rings. The minimum Gasteiger partial charge on any atom is -0.495 e. The van der Waals surface area contributed by atoms with Crippen LogP contribution in [0.3, 0.4) is 0 Å². The maximum atomic E-state index is 12.6. The van der Waals surface area contributed by atoms with Crippen molar-refractivity contribution >= 4 is 50.8 Å². The number of ether oxygens (including phenoxy) is 2. The topological polar surface area (TPSA) is 102 Å². The molecule has 0 saturated carbocycles. The minimum atomic E-state index is -0.280. The first-order chi connectivity index (χ1) is 18.1. The lowest BCUT2D eigenvalue weighted by molar-refractivity contribution is -0.114. The number of amides is 2. The average Bonchev–Trinajstić information content (AvgIpc) is 3.29. The van der Waals surface area contributed by atoms with Crippen LogP contribution in [0.15, 0.2) is 89.3 Å². The summed E-state index contributed by atoms with van der Waals surface area (Å²) in [5.41, 5.74) is 3.73. The first kappa shape index (κ1) is 23.7.